The van der Waals surface area contributed by atoms with Crippen LogP contribution in [0.3, 0.4) is 0 Å². The summed E-state index contributed by atoms with van der Waals surface area (Å²) < 4.78 is 1.95. The first kappa shape index (κ1) is 13.8. The molecular formula is C14H19N3OS. The molecule has 1 amide bonds. The SMILES string of the molecule is Cc1cc(C)n(CCN(C)C(=O)Cc2ccsc2)n1. The van der Waals surface area contributed by atoms with Gasteiger partial charge in [-0.25, -0.2) is 0 Å². The maximum Gasteiger partial charge on any atom is 0.226 e. The molecule has 0 spiro atoms. The van der Waals surface area contributed by atoms with Gasteiger partial charge in [0.15, 0.2) is 0 Å². The summed E-state index contributed by atoms with van der Waals surface area (Å²) in [5, 5.41) is 8.42. The average molecular weight is 277 g/mol. The Morgan fingerprint density at radius 1 is 1.47 bits per heavy atom. The summed E-state index contributed by atoms with van der Waals surface area (Å²) in [5.74, 6) is 0.153. The second-order valence-electron chi connectivity index (χ2n) is 4.77. The number of carbonyl (C=O) groups is 1. The summed E-state index contributed by atoms with van der Waals surface area (Å²) in [6.45, 7) is 5.44. The number of thiophene rings is 1. The van der Waals surface area contributed by atoms with E-state index < -0.39 is 0 Å². The number of rotatable bonds is 5. The quantitative estimate of drug-likeness (QED) is 0.841. The van der Waals surface area contributed by atoms with Gasteiger partial charge in [-0.2, -0.15) is 16.4 Å². The lowest BCUT2D eigenvalue weighted by Crippen LogP contribution is -2.31. The van der Waals surface area contributed by atoms with E-state index in [-0.39, 0.29) is 5.91 Å². The zero-order valence-electron chi connectivity index (χ0n) is 11.6. The smallest absolute Gasteiger partial charge is 0.226 e. The van der Waals surface area contributed by atoms with Crippen LogP contribution in [0.1, 0.15) is 17.0 Å². The molecule has 2 aromatic heterocycles. The molecule has 0 bridgehead atoms. The van der Waals surface area contributed by atoms with E-state index in [9.17, 15) is 4.79 Å². The van der Waals surface area contributed by atoms with Crippen molar-refractivity contribution < 1.29 is 4.79 Å². The van der Waals surface area contributed by atoms with E-state index in [1.165, 1.54) is 0 Å². The van der Waals surface area contributed by atoms with Crippen LogP contribution in [0.5, 0.6) is 0 Å². The van der Waals surface area contributed by atoms with Gasteiger partial charge < -0.3 is 4.90 Å². The third-order valence-electron chi connectivity index (χ3n) is 3.11. The monoisotopic (exact) mass is 277 g/mol. The summed E-state index contributed by atoms with van der Waals surface area (Å²) in [5.41, 5.74) is 3.24. The minimum Gasteiger partial charge on any atom is -0.344 e. The van der Waals surface area contributed by atoms with E-state index in [0.717, 1.165) is 23.5 Å². The number of aryl methyl sites for hydroxylation is 2. The lowest BCUT2D eigenvalue weighted by Gasteiger charge is -2.17. The highest BCUT2D eigenvalue weighted by Crippen LogP contribution is 2.08. The molecule has 0 aliphatic rings. The first-order valence-corrected chi connectivity index (χ1v) is 7.26. The number of hydrogen-bond acceptors (Lipinski definition) is 3. The molecule has 0 N–H and O–H groups in total. The zero-order valence-corrected chi connectivity index (χ0v) is 12.4. The van der Waals surface area contributed by atoms with Crippen LogP contribution in [0, 0.1) is 13.8 Å². The number of likely N-dealkylation sites (N-methyl/N-ethyl adjacent to an activating group) is 1. The van der Waals surface area contributed by atoms with Crippen molar-refractivity contribution in [2.24, 2.45) is 0 Å². The molecule has 2 aromatic rings. The lowest BCUT2D eigenvalue weighted by molar-refractivity contribution is -0.129. The van der Waals surface area contributed by atoms with Crippen LogP contribution < -0.4 is 0 Å². The Labute approximate surface area is 117 Å². The maximum atomic E-state index is 12.0. The Morgan fingerprint density at radius 2 is 2.26 bits per heavy atom. The van der Waals surface area contributed by atoms with Crippen LogP contribution in [-0.2, 0) is 17.8 Å². The van der Waals surface area contributed by atoms with Crippen LogP contribution in [0.2, 0.25) is 0 Å². The number of carbonyl (C=O) groups excluding carboxylic acids is 1. The largest absolute Gasteiger partial charge is 0.344 e. The highest BCUT2D eigenvalue weighted by molar-refractivity contribution is 7.07. The highest BCUT2D eigenvalue weighted by atomic mass is 32.1. The van der Waals surface area contributed by atoms with E-state index >= 15 is 0 Å². The van der Waals surface area contributed by atoms with Crippen molar-refractivity contribution in [1.29, 1.82) is 0 Å². The molecule has 0 aliphatic heterocycles. The van der Waals surface area contributed by atoms with Gasteiger partial charge in [-0.3, -0.25) is 9.48 Å². The zero-order chi connectivity index (χ0) is 13.8. The Morgan fingerprint density at radius 3 is 2.84 bits per heavy atom. The van der Waals surface area contributed by atoms with Gasteiger partial charge in [0.2, 0.25) is 5.91 Å². The highest BCUT2D eigenvalue weighted by Gasteiger charge is 2.10. The van der Waals surface area contributed by atoms with Gasteiger partial charge in [0.25, 0.3) is 0 Å². The molecule has 0 atom stereocenters. The number of nitrogens with zero attached hydrogens (tertiary/aromatic N) is 3. The van der Waals surface area contributed by atoms with Gasteiger partial charge in [-0.1, -0.05) is 0 Å². The molecule has 0 aliphatic carbocycles. The van der Waals surface area contributed by atoms with Gasteiger partial charge in [-0.05, 0) is 42.3 Å². The third-order valence-corrected chi connectivity index (χ3v) is 3.84. The molecule has 0 saturated heterocycles. The van der Waals surface area contributed by atoms with Crippen molar-refractivity contribution >= 4 is 17.2 Å². The predicted octanol–water partition coefficient (Wildman–Crippen LogP) is 2.26. The molecular weight excluding hydrogens is 258 g/mol. The van der Waals surface area contributed by atoms with Crippen molar-refractivity contribution in [3.8, 4) is 0 Å². The Balaban J connectivity index is 1.85. The molecule has 0 aromatic carbocycles. The standard InChI is InChI=1S/C14H19N3OS/c1-11-8-12(2)17(15-11)6-5-16(3)14(18)9-13-4-7-19-10-13/h4,7-8,10H,5-6,9H2,1-3H3. The molecule has 102 valence electrons. The number of aromatic nitrogens is 2. The Kier molecular flexibility index (Phi) is 4.37. The summed E-state index contributed by atoms with van der Waals surface area (Å²) in [4.78, 5) is 13.8. The molecule has 0 radical (unpaired) electrons. The summed E-state index contributed by atoms with van der Waals surface area (Å²) in [6.07, 6.45) is 0.483. The molecule has 2 rings (SSSR count). The molecule has 4 nitrogen and oxygen atoms in total. The van der Waals surface area contributed by atoms with E-state index in [4.69, 9.17) is 0 Å². The van der Waals surface area contributed by atoms with Crippen LogP contribution in [-0.4, -0.2) is 34.2 Å². The van der Waals surface area contributed by atoms with Crippen molar-refractivity contribution in [3.05, 3.63) is 39.8 Å². The Bertz CT molecular complexity index is 545. The maximum absolute atomic E-state index is 12.0. The van der Waals surface area contributed by atoms with Gasteiger partial charge in [0.05, 0.1) is 18.7 Å². The average Bonchev–Trinajstić information content (AvgIpc) is 2.96. The van der Waals surface area contributed by atoms with E-state index in [1.54, 1.807) is 16.2 Å². The fraction of sp³-hybridized carbons (Fsp3) is 0.429. The van der Waals surface area contributed by atoms with E-state index in [2.05, 4.69) is 5.10 Å². The van der Waals surface area contributed by atoms with E-state index in [0.29, 0.717) is 13.0 Å². The predicted molar refractivity (Wildman–Crippen MR) is 77.4 cm³/mol. The lowest BCUT2D eigenvalue weighted by atomic mass is 10.2. The van der Waals surface area contributed by atoms with Crippen LogP contribution in [0.15, 0.2) is 22.9 Å². The molecule has 0 saturated carbocycles. The molecule has 0 unspecified atom stereocenters. The van der Waals surface area contributed by atoms with Crippen LogP contribution in [0.4, 0.5) is 0 Å². The summed E-state index contributed by atoms with van der Waals surface area (Å²) in [6, 6.07) is 4.05. The normalized spacial score (nSPS) is 10.7. The topological polar surface area (TPSA) is 38.1 Å². The first-order valence-electron chi connectivity index (χ1n) is 6.32. The van der Waals surface area contributed by atoms with Gasteiger partial charge in [0, 0.05) is 19.3 Å². The molecule has 0 fully saturated rings. The molecule has 2 heterocycles. The van der Waals surface area contributed by atoms with Crippen LogP contribution in [0.25, 0.3) is 0 Å². The molecule has 5 heteroatoms. The second kappa shape index (κ2) is 6.02. The van der Waals surface area contributed by atoms with Gasteiger partial charge in [0.1, 0.15) is 0 Å². The fourth-order valence-corrected chi connectivity index (χ4v) is 2.64. The van der Waals surface area contributed by atoms with Crippen molar-refractivity contribution in [3.63, 3.8) is 0 Å². The fourth-order valence-electron chi connectivity index (χ4n) is 1.97. The van der Waals surface area contributed by atoms with Crippen molar-refractivity contribution in [2.75, 3.05) is 13.6 Å². The second-order valence-corrected chi connectivity index (χ2v) is 5.55. The van der Waals surface area contributed by atoms with Gasteiger partial charge >= 0.3 is 0 Å². The first-order chi connectivity index (χ1) is 9.06. The Hall–Kier alpha value is -1.62. The minimum atomic E-state index is 0.153. The third kappa shape index (κ3) is 3.67. The van der Waals surface area contributed by atoms with Gasteiger partial charge in [-0.15, -0.1) is 0 Å². The van der Waals surface area contributed by atoms with Crippen LogP contribution >= 0.6 is 11.3 Å². The minimum absolute atomic E-state index is 0.153. The van der Waals surface area contributed by atoms with Crippen molar-refractivity contribution in [2.45, 2.75) is 26.8 Å². The number of amides is 1. The summed E-state index contributed by atoms with van der Waals surface area (Å²) >= 11 is 1.62. The van der Waals surface area contributed by atoms with E-state index in [1.807, 2.05) is 48.5 Å². The summed E-state index contributed by atoms with van der Waals surface area (Å²) in [7, 11) is 1.85. The molecule has 19 heavy (non-hydrogen) atoms. The number of hydrogen-bond donors (Lipinski definition) is 0. The van der Waals surface area contributed by atoms with Crippen molar-refractivity contribution in [1.82, 2.24) is 14.7 Å².